The molecule has 0 atom stereocenters. The normalized spacial score (nSPS) is 10.4. The Morgan fingerprint density at radius 2 is 1.57 bits per heavy atom. The van der Waals surface area contributed by atoms with E-state index < -0.39 is 0 Å². The van der Waals surface area contributed by atoms with Crippen LogP contribution in [-0.4, -0.2) is 20.3 Å². The largest absolute Gasteiger partial charge is 0.493 e. The average molecular weight is 315 g/mol. The molecule has 0 radical (unpaired) electrons. The number of rotatable bonds is 7. The molecule has 2 aromatic carbocycles. The van der Waals surface area contributed by atoms with E-state index >= 15 is 0 Å². The first kappa shape index (κ1) is 17.0. The summed E-state index contributed by atoms with van der Waals surface area (Å²) in [6.07, 6.45) is 0.792. The van der Waals surface area contributed by atoms with Gasteiger partial charge in [-0.3, -0.25) is 0 Å². The highest BCUT2D eigenvalue weighted by molar-refractivity contribution is 5.51. The minimum absolute atomic E-state index is 0.560. The summed E-state index contributed by atoms with van der Waals surface area (Å²) in [5, 5.41) is 0. The van der Waals surface area contributed by atoms with Gasteiger partial charge in [0.2, 0.25) is 0 Å². The Balaban J connectivity index is 1.84. The molecule has 0 aliphatic heterocycles. The number of anilines is 1. The van der Waals surface area contributed by atoms with Gasteiger partial charge in [0.25, 0.3) is 0 Å². The topological polar surface area (TPSA) is 53.7 Å². The zero-order chi connectivity index (χ0) is 16.8. The van der Waals surface area contributed by atoms with E-state index in [4.69, 9.17) is 19.9 Å². The molecule has 0 unspecified atom stereocenters. The van der Waals surface area contributed by atoms with Crippen LogP contribution in [0.25, 0.3) is 0 Å². The maximum absolute atomic E-state index is 5.93. The fourth-order valence-electron chi connectivity index (χ4n) is 2.37. The minimum Gasteiger partial charge on any atom is -0.493 e. The lowest BCUT2D eigenvalue weighted by molar-refractivity contribution is 0.239. The standard InChI is InChI=1S/C19H25NO3/c1-13-6-7-14(2)19(15(13)3)23-11-5-10-22-17-9-8-16(20)12-18(17)21-4/h6-9,12H,5,10-11,20H2,1-4H3. The number of hydrogen-bond donors (Lipinski definition) is 1. The van der Waals surface area contributed by atoms with Crippen LogP contribution in [0, 0.1) is 20.8 Å². The molecule has 0 heterocycles. The molecule has 0 fully saturated rings. The van der Waals surface area contributed by atoms with Crippen molar-refractivity contribution in [2.75, 3.05) is 26.1 Å². The molecule has 124 valence electrons. The van der Waals surface area contributed by atoms with Crippen LogP contribution >= 0.6 is 0 Å². The number of nitrogen functional groups attached to an aromatic ring is 1. The van der Waals surface area contributed by atoms with Crippen molar-refractivity contribution in [3.8, 4) is 17.2 Å². The van der Waals surface area contributed by atoms with Crippen LogP contribution in [0.3, 0.4) is 0 Å². The molecule has 0 saturated carbocycles. The predicted molar refractivity (Wildman–Crippen MR) is 93.7 cm³/mol. The Hall–Kier alpha value is -2.36. The van der Waals surface area contributed by atoms with Crippen LogP contribution in [0.2, 0.25) is 0 Å². The second kappa shape index (κ2) is 7.77. The lowest BCUT2D eigenvalue weighted by atomic mass is 10.1. The fraction of sp³-hybridized carbons (Fsp3) is 0.368. The van der Waals surface area contributed by atoms with Crippen molar-refractivity contribution >= 4 is 5.69 Å². The van der Waals surface area contributed by atoms with Crippen molar-refractivity contribution in [2.24, 2.45) is 0 Å². The summed E-state index contributed by atoms with van der Waals surface area (Å²) in [5.41, 5.74) is 9.99. The Kier molecular flexibility index (Phi) is 5.74. The summed E-state index contributed by atoms with van der Waals surface area (Å²) in [6.45, 7) is 7.43. The highest BCUT2D eigenvalue weighted by atomic mass is 16.5. The molecule has 2 aromatic rings. The van der Waals surface area contributed by atoms with E-state index in [0.717, 1.165) is 17.7 Å². The highest BCUT2D eigenvalue weighted by Gasteiger charge is 2.07. The molecule has 4 heteroatoms. The number of ether oxygens (including phenoxy) is 3. The van der Waals surface area contributed by atoms with Gasteiger partial charge in [0, 0.05) is 18.2 Å². The van der Waals surface area contributed by atoms with E-state index in [9.17, 15) is 0 Å². The maximum Gasteiger partial charge on any atom is 0.162 e. The molecule has 0 saturated heterocycles. The number of aryl methyl sites for hydroxylation is 2. The molecule has 0 aliphatic carbocycles. The molecular formula is C19H25NO3. The van der Waals surface area contributed by atoms with Crippen molar-refractivity contribution in [1.82, 2.24) is 0 Å². The molecular weight excluding hydrogens is 290 g/mol. The lowest BCUT2D eigenvalue weighted by Crippen LogP contribution is -2.07. The smallest absolute Gasteiger partial charge is 0.162 e. The molecule has 0 aromatic heterocycles. The number of hydrogen-bond acceptors (Lipinski definition) is 4. The third kappa shape index (κ3) is 4.31. The van der Waals surface area contributed by atoms with Gasteiger partial charge in [0.15, 0.2) is 11.5 Å². The van der Waals surface area contributed by atoms with Gasteiger partial charge < -0.3 is 19.9 Å². The maximum atomic E-state index is 5.93. The Bertz CT molecular complexity index is 668. The molecule has 0 bridgehead atoms. The second-order valence-corrected chi connectivity index (χ2v) is 5.61. The zero-order valence-corrected chi connectivity index (χ0v) is 14.3. The molecule has 0 amide bonds. The van der Waals surface area contributed by atoms with E-state index in [1.165, 1.54) is 11.1 Å². The number of nitrogens with two attached hydrogens (primary N) is 1. The van der Waals surface area contributed by atoms with Crippen LogP contribution in [0.15, 0.2) is 30.3 Å². The monoisotopic (exact) mass is 315 g/mol. The third-order valence-corrected chi connectivity index (χ3v) is 3.85. The summed E-state index contributed by atoms with van der Waals surface area (Å²) in [5.74, 6) is 2.33. The van der Waals surface area contributed by atoms with E-state index in [-0.39, 0.29) is 0 Å². The number of benzene rings is 2. The summed E-state index contributed by atoms with van der Waals surface area (Å²) in [7, 11) is 1.61. The van der Waals surface area contributed by atoms with Gasteiger partial charge >= 0.3 is 0 Å². The predicted octanol–water partition coefficient (Wildman–Crippen LogP) is 4.05. The molecule has 23 heavy (non-hydrogen) atoms. The SMILES string of the molecule is COc1cc(N)ccc1OCCCOc1c(C)ccc(C)c1C. The van der Waals surface area contributed by atoms with Crippen LogP contribution in [-0.2, 0) is 0 Å². The first-order valence-electron chi connectivity index (χ1n) is 7.79. The quantitative estimate of drug-likeness (QED) is 0.618. The van der Waals surface area contributed by atoms with Crippen molar-refractivity contribution in [3.05, 3.63) is 47.0 Å². The van der Waals surface area contributed by atoms with E-state index in [1.54, 1.807) is 19.2 Å². The van der Waals surface area contributed by atoms with Gasteiger partial charge in [-0.2, -0.15) is 0 Å². The molecule has 2 rings (SSSR count). The van der Waals surface area contributed by atoms with Crippen molar-refractivity contribution in [1.29, 1.82) is 0 Å². The summed E-state index contributed by atoms with van der Waals surface area (Å²) in [6, 6.07) is 9.59. The van der Waals surface area contributed by atoms with E-state index in [0.29, 0.717) is 30.4 Å². The van der Waals surface area contributed by atoms with Crippen LogP contribution in [0.5, 0.6) is 17.2 Å². The molecule has 0 aliphatic rings. The van der Waals surface area contributed by atoms with Crippen LogP contribution in [0.1, 0.15) is 23.1 Å². The highest BCUT2D eigenvalue weighted by Crippen LogP contribution is 2.29. The van der Waals surface area contributed by atoms with Gasteiger partial charge in [-0.05, 0) is 49.6 Å². The molecule has 4 nitrogen and oxygen atoms in total. The summed E-state index contributed by atoms with van der Waals surface area (Å²) in [4.78, 5) is 0. The summed E-state index contributed by atoms with van der Waals surface area (Å²) >= 11 is 0. The second-order valence-electron chi connectivity index (χ2n) is 5.61. The first-order chi connectivity index (χ1) is 11.0. The van der Waals surface area contributed by atoms with E-state index in [1.807, 2.05) is 6.07 Å². The Morgan fingerprint density at radius 1 is 0.870 bits per heavy atom. The van der Waals surface area contributed by atoms with Crippen molar-refractivity contribution in [2.45, 2.75) is 27.2 Å². The molecule has 0 spiro atoms. The third-order valence-electron chi connectivity index (χ3n) is 3.85. The zero-order valence-electron chi connectivity index (χ0n) is 14.3. The average Bonchev–Trinajstić information content (AvgIpc) is 2.54. The van der Waals surface area contributed by atoms with Gasteiger partial charge in [-0.1, -0.05) is 12.1 Å². The van der Waals surface area contributed by atoms with Gasteiger partial charge in [0.05, 0.1) is 20.3 Å². The minimum atomic E-state index is 0.560. The Labute approximate surface area is 138 Å². The first-order valence-corrected chi connectivity index (χ1v) is 7.79. The van der Waals surface area contributed by atoms with Gasteiger partial charge in [-0.25, -0.2) is 0 Å². The van der Waals surface area contributed by atoms with E-state index in [2.05, 4.69) is 32.9 Å². The van der Waals surface area contributed by atoms with Gasteiger partial charge in [0.1, 0.15) is 5.75 Å². The lowest BCUT2D eigenvalue weighted by Gasteiger charge is -2.15. The Morgan fingerprint density at radius 3 is 2.30 bits per heavy atom. The van der Waals surface area contributed by atoms with Crippen LogP contribution < -0.4 is 19.9 Å². The fourth-order valence-corrected chi connectivity index (χ4v) is 2.37. The van der Waals surface area contributed by atoms with Gasteiger partial charge in [-0.15, -0.1) is 0 Å². The number of methoxy groups -OCH3 is 1. The van der Waals surface area contributed by atoms with Crippen molar-refractivity contribution in [3.63, 3.8) is 0 Å². The van der Waals surface area contributed by atoms with Crippen molar-refractivity contribution < 1.29 is 14.2 Å². The molecule has 2 N–H and O–H groups in total. The summed E-state index contributed by atoms with van der Waals surface area (Å²) < 4.78 is 16.9. The van der Waals surface area contributed by atoms with Crippen LogP contribution in [0.4, 0.5) is 5.69 Å².